The molecule has 0 bridgehead atoms. The molecule has 0 radical (unpaired) electrons. The predicted octanol–water partition coefficient (Wildman–Crippen LogP) is 3.51. The van der Waals surface area contributed by atoms with Crippen LogP contribution in [-0.4, -0.2) is 11.9 Å². The van der Waals surface area contributed by atoms with Gasteiger partial charge in [-0.2, -0.15) is 0 Å². The van der Waals surface area contributed by atoms with E-state index in [1.165, 1.54) is 43.9 Å². The molecule has 1 amide bonds. The number of rotatable bonds is 4. The lowest BCUT2D eigenvalue weighted by Crippen LogP contribution is -2.38. The van der Waals surface area contributed by atoms with Gasteiger partial charge in [-0.15, -0.1) is 0 Å². The molecule has 0 unspecified atom stereocenters. The Morgan fingerprint density at radius 2 is 1.89 bits per heavy atom. The molecule has 2 saturated carbocycles. The van der Waals surface area contributed by atoms with Crippen LogP contribution in [-0.2, 0) is 0 Å². The van der Waals surface area contributed by atoms with Crippen molar-refractivity contribution >= 4 is 21.8 Å². The van der Waals surface area contributed by atoms with E-state index in [4.69, 9.17) is 0 Å². The van der Waals surface area contributed by atoms with Crippen LogP contribution in [0.3, 0.4) is 0 Å². The number of hydrogen-bond donors (Lipinski definition) is 1. The summed E-state index contributed by atoms with van der Waals surface area (Å²) in [4.78, 5) is 12.2. The van der Waals surface area contributed by atoms with Crippen LogP contribution in [0.2, 0.25) is 0 Å². The summed E-state index contributed by atoms with van der Waals surface area (Å²) in [7, 11) is 0. The molecule has 1 aromatic rings. The van der Waals surface area contributed by atoms with Gasteiger partial charge in [-0.1, -0.05) is 0 Å². The Labute approximate surface area is 114 Å². The van der Waals surface area contributed by atoms with Gasteiger partial charge < -0.3 is 5.32 Å². The van der Waals surface area contributed by atoms with Gasteiger partial charge in [-0.25, -0.2) is 4.39 Å². The Hall–Kier alpha value is -0.900. The minimum Gasteiger partial charge on any atom is -0.349 e. The highest BCUT2D eigenvalue weighted by Gasteiger charge is 2.42. The lowest BCUT2D eigenvalue weighted by atomic mass is 10.1. The molecular formula is C14H15BrFNO. The SMILES string of the molecule is O=C(NC(C1CC1)C1CC1)c1ccc(F)cc1Br. The number of carbonyl (C=O) groups is 1. The van der Waals surface area contributed by atoms with E-state index in [-0.39, 0.29) is 11.7 Å². The standard InChI is InChI=1S/C14H15BrFNO/c15-12-7-10(16)5-6-11(12)14(18)17-13(8-1-2-8)9-3-4-9/h5-9,13H,1-4H2,(H,17,18). The highest BCUT2D eigenvalue weighted by atomic mass is 79.9. The Kier molecular flexibility index (Phi) is 3.14. The van der Waals surface area contributed by atoms with Gasteiger partial charge in [-0.05, 0) is 71.6 Å². The Morgan fingerprint density at radius 1 is 1.28 bits per heavy atom. The number of carbonyl (C=O) groups excluding carboxylic acids is 1. The fraction of sp³-hybridized carbons (Fsp3) is 0.500. The highest BCUT2D eigenvalue weighted by Crippen LogP contribution is 2.44. The molecule has 0 atom stereocenters. The number of benzene rings is 1. The van der Waals surface area contributed by atoms with Gasteiger partial charge in [0.15, 0.2) is 0 Å². The van der Waals surface area contributed by atoms with Crippen molar-refractivity contribution in [3.8, 4) is 0 Å². The molecule has 2 nitrogen and oxygen atoms in total. The third-order valence-corrected chi connectivity index (χ3v) is 4.39. The zero-order valence-corrected chi connectivity index (χ0v) is 11.5. The van der Waals surface area contributed by atoms with Crippen LogP contribution < -0.4 is 5.32 Å². The molecule has 18 heavy (non-hydrogen) atoms. The molecule has 3 rings (SSSR count). The van der Waals surface area contributed by atoms with Crippen LogP contribution in [0.1, 0.15) is 36.0 Å². The largest absolute Gasteiger partial charge is 0.349 e. The molecule has 2 aliphatic rings. The van der Waals surface area contributed by atoms with Crippen molar-refractivity contribution < 1.29 is 9.18 Å². The topological polar surface area (TPSA) is 29.1 Å². The first-order valence-electron chi connectivity index (χ1n) is 6.41. The summed E-state index contributed by atoms with van der Waals surface area (Å²) in [5.74, 6) is 0.909. The summed E-state index contributed by atoms with van der Waals surface area (Å²) in [6.07, 6.45) is 4.91. The molecule has 1 aromatic carbocycles. The average molecular weight is 312 g/mol. The van der Waals surface area contributed by atoms with Crippen LogP contribution in [0.25, 0.3) is 0 Å². The third-order valence-electron chi connectivity index (χ3n) is 3.73. The number of nitrogens with one attached hydrogen (secondary N) is 1. The summed E-state index contributed by atoms with van der Waals surface area (Å²) < 4.78 is 13.5. The van der Waals surface area contributed by atoms with Gasteiger partial charge in [0, 0.05) is 10.5 Å². The van der Waals surface area contributed by atoms with E-state index < -0.39 is 0 Å². The Bertz CT molecular complexity index is 471. The van der Waals surface area contributed by atoms with Gasteiger partial charge in [0.1, 0.15) is 5.82 Å². The zero-order chi connectivity index (χ0) is 12.7. The second-order valence-electron chi connectivity index (χ2n) is 5.30. The van der Waals surface area contributed by atoms with Crippen LogP contribution in [0.4, 0.5) is 4.39 Å². The van der Waals surface area contributed by atoms with Gasteiger partial charge in [0.25, 0.3) is 5.91 Å². The summed E-state index contributed by atoms with van der Waals surface area (Å²) in [5.41, 5.74) is 0.516. The van der Waals surface area contributed by atoms with Crippen molar-refractivity contribution in [2.75, 3.05) is 0 Å². The lowest BCUT2D eigenvalue weighted by Gasteiger charge is -2.18. The van der Waals surface area contributed by atoms with E-state index >= 15 is 0 Å². The Morgan fingerprint density at radius 3 is 2.39 bits per heavy atom. The molecule has 0 aliphatic heterocycles. The molecular weight excluding hydrogens is 297 g/mol. The van der Waals surface area contributed by atoms with E-state index in [1.54, 1.807) is 0 Å². The highest BCUT2D eigenvalue weighted by molar-refractivity contribution is 9.10. The molecule has 0 heterocycles. The molecule has 0 aromatic heterocycles. The second-order valence-corrected chi connectivity index (χ2v) is 6.15. The predicted molar refractivity (Wildman–Crippen MR) is 70.8 cm³/mol. The number of halogens is 2. The summed E-state index contributed by atoms with van der Waals surface area (Å²) >= 11 is 3.24. The van der Waals surface area contributed by atoms with Gasteiger partial charge in [-0.3, -0.25) is 4.79 Å². The fourth-order valence-corrected chi connectivity index (χ4v) is 2.96. The van der Waals surface area contributed by atoms with E-state index in [2.05, 4.69) is 21.2 Å². The maximum absolute atomic E-state index is 13.0. The Balaban J connectivity index is 1.73. The number of hydrogen-bond acceptors (Lipinski definition) is 1. The lowest BCUT2D eigenvalue weighted by molar-refractivity contribution is 0.0925. The fourth-order valence-electron chi connectivity index (χ4n) is 2.43. The number of amides is 1. The third kappa shape index (κ3) is 2.58. The van der Waals surface area contributed by atoms with E-state index in [0.29, 0.717) is 27.9 Å². The first kappa shape index (κ1) is 12.2. The maximum atomic E-state index is 13.0. The van der Waals surface area contributed by atoms with E-state index in [9.17, 15) is 9.18 Å². The van der Waals surface area contributed by atoms with Gasteiger partial charge in [0.05, 0.1) is 5.56 Å². The summed E-state index contributed by atoms with van der Waals surface area (Å²) in [5, 5.41) is 3.13. The summed E-state index contributed by atoms with van der Waals surface area (Å²) in [6, 6.07) is 4.52. The minimum absolute atomic E-state index is 0.0920. The average Bonchev–Trinajstić information content (AvgIpc) is 3.17. The normalized spacial score (nSPS) is 19.1. The molecule has 0 saturated heterocycles. The molecule has 2 fully saturated rings. The van der Waals surface area contributed by atoms with Crippen LogP contribution >= 0.6 is 15.9 Å². The van der Waals surface area contributed by atoms with Crippen molar-refractivity contribution in [1.29, 1.82) is 0 Å². The van der Waals surface area contributed by atoms with Crippen LogP contribution in [0.5, 0.6) is 0 Å². The van der Waals surface area contributed by atoms with E-state index in [0.717, 1.165) is 0 Å². The van der Waals surface area contributed by atoms with Crippen molar-refractivity contribution in [2.24, 2.45) is 11.8 Å². The molecule has 2 aliphatic carbocycles. The van der Waals surface area contributed by atoms with Crippen molar-refractivity contribution in [1.82, 2.24) is 5.32 Å². The molecule has 0 spiro atoms. The molecule has 4 heteroatoms. The second kappa shape index (κ2) is 4.65. The van der Waals surface area contributed by atoms with Gasteiger partial charge >= 0.3 is 0 Å². The minimum atomic E-state index is -0.334. The summed E-state index contributed by atoms with van der Waals surface area (Å²) in [6.45, 7) is 0. The zero-order valence-electron chi connectivity index (χ0n) is 9.96. The molecule has 96 valence electrons. The van der Waals surface area contributed by atoms with Crippen molar-refractivity contribution in [2.45, 2.75) is 31.7 Å². The van der Waals surface area contributed by atoms with Crippen LogP contribution in [0.15, 0.2) is 22.7 Å². The first-order chi connectivity index (χ1) is 8.65. The maximum Gasteiger partial charge on any atom is 0.252 e. The van der Waals surface area contributed by atoms with Crippen LogP contribution in [0, 0.1) is 17.7 Å². The van der Waals surface area contributed by atoms with E-state index in [1.807, 2.05) is 0 Å². The smallest absolute Gasteiger partial charge is 0.252 e. The van der Waals surface area contributed by atoms with Gasteiger partial charge in [0.2, 0.25) is 0 Å². The first-order valence-corrected chi connectivity index (χ1v) is 7.20. The monoisotopic (exact) mass is 311 g/mol. The molecule has 1 N–H and O–H groups in total. The van der Waals surface area contributed by atoms with Crippen molar-refractivity contribution in [3.05, 3.63) is 34.1 Å². The quantitative estimate of drug-likeness (QED) is 0.906. The van der Waals surface area contributed by atoms with Crippen molar-refractivity contribution in [3.63, 3.8) is 0 Å².